The highest BCUT2D eigenvalue weighted by atomic mass is 32.1. The molecule has 0 bridgehead atoms. The van der Waals surface area contributed by atoms with E-state index in [-0.39, 0.29) is 5.84 Å². The first-order valence-electron chi connectivity index (χ1n) is 5.91. The van der Waals surface area contributed by atoms with E-state index in [2.05, 4.69) is 9.97 Å². The number of pyridine rings is 1. The number of nitrogens with zero attached hydrogens (tertiary/aromatic N) is 2. The van der Waals surface area contributed by atoms with Gasteiger partial charge in [0, 0.05) is 17.5 Å². The molecule has 0 amide bonds. The Bertz CT molecular complexity index is 594. The number of ether oxygens (including phenoxy) is 1. The fourth-order valence-electron chi connectivity index (χ4n) is 1.78. The third-order valence-corrected chi connectivity index (χ3v) is 3.80. The van der Waals surface area contributed by atoms with Crippen molar-refractivity contribution in [3.8, 4) is 5.88 Å². The molecule has 3 N–H and O–H groups in total. The summed E-state index contributed by atoms with van der Waals surface area (Å²) in [4.78, 5) is 9.55. The zero-order chi connectivity index (χ0) is 13.8. The summed E-state index contributed by atoms with van der Waals surface area (Å²) in [6, 6.07) is 1.82. The van der Waals surface area contributed by atoms with Gasteiger partial charge in [-0.05, 0) is 25.5 Å². The van der Waals surface area contributed by atoms with Gasteiger partial charge in [-0.15, -0.1) is 11.3 Å². The molecule has 0 saturated heterocycles. The van der Waals surface area contributed by atoms with Crippen LogP contribution in [0, 0.1) is 19.3 Å². The number of amidine groups is 1. The number of rotatable bonds is 5. The van der Waals surface area contributed by atoms with Gasteiger partial charge in [0.05, 0.1) is 23.4 Å². The van der Waals surface area contributed by atoms with Crippen LogP contribution in [0.1, 0.15) is 21.7 Å². The molecule has 0 saturated carbocycles. The highest BCUT2D eigenvalue weighted by Crippen LogP contribution is 2.19. The van der Waals surface area contributed by atoms with Gasteiger partial charge in [-0.25, -0.2) is 9.97 Å². The fraction of sp³-hybridized carbons (Fsp3) is 0.308. The number of aryl methyl sites for hydroxylation is 2. The van der Waals surface area contributed by atoms with Crippen LogP contribution >= 0.6 is 11.3 Å². The molecular formula is C13H16N4OS. The Kier molecular flexibility index (Phi) is 4.11. The molecule has 5 nitrogen and oxygen atoms in total. The molecule has 0 unspecified atom stereocenters. The predicted molar refractivity (Wildman–Crippen MR) is 76.0 cm³/mol. The first-order valence-corrected chi connectivity index (χ1v) is 6.79. The number of thiazole rings is 1. The number of hydrogen-bond donors (Lipinski definition) is 2. The van der Waals surface area contributed by atoms with Gasteiger partial charge in [0.1, 0.15) is 5.84 Å². The SMILES string of the molecule is Cc1ccnc(OCCc2scnc2C)c1C(=N)N. The Balaban J connectivity index is 2.06. The Morgan fingerprint density at radius 1 is 1.42 bits per heavy atom. The van der Waals surface area contributed by atoms with E-state index in [4.69, 9.17) is 15.9 Å². The second-order valence-corrected chi connectivity index (χ2v) is 5.12. The summed E-state index contributed by atoms with van der Waals surface area (Å²) in [5.41, 5.74) is 9.90. The maximum atomic E-state index is 7.58. The highest BCUT2D eigenvalue weighted by molar-refractivity contribution is 7.09. The number of aromatic nitrogens is 2. The van der Waals surface area contributed by atoms with Crippen LogP contribution in [-0.4, -0.2) is 22.4 Å². The summed E-state index contributed by atoms with van der Waals surface area (Å²) in [6.07, 6.45) is 2.44. The standard InChI is InChI=1S/C13H16N4OS/c1-8-3-5-16-13(11(8)12(14)15)18-6-4-10-9(2)17-7-19-10/h3,5,7H,4,6H2,1-2H3,(H3,14,15). The molecule has 2 aromatic heterocycles. The zero-order valence-electron chi connectivity index (χ0n) is 10.9. The van der Waals surface area contributed by atoms with E-state index in [9.17, 15) is 0 Å². The van der Waals surface area contributed by atoms with Gasteiger partial charge in [-0.3, -0.25) is 5.41 Å². The largest absolute Gasteiger partial charge is 0.477 e. The maximum absolute atomic E-state index is 7.58. The lowest BCUT2D eigenvalue weighted by molar-refractivity contribution is 0.309. The van der Waals surface area contributed by atoms with Crippen LogP contribution in [0.5, 0.6) is 5.88 Å². The fourth-order valence-corrected chi connectivity index (χ4v) is 2.54. The van der Waals surface area contributed by atoms with Crippen molar-refractivity contribution in [2.45, 2.75) is 20.3 Å². The molecule has 2 heterocycles. The molecule has 0 aliphatic heterocycles. The van der Waals surface area contributed by atoms with Gasteiger partial charge in [-0.2, -0.15) is 0 Å². The minimum absolute atomic E-state index is 0.0189. The van der Waals surface area contributed by atoms with Crippen molar-refractivity contribution >= 4 is 17.2 Å². The van der Waals surface area contributed by atoms with Crippen molar-refractivity contribution in [1.82, 2.24) is 9.97 Å². The molecule has 0 atom stereocenters. The van der Waals surface area contributed by atoms with Crippen LogP contribution in [0.3, 0.4) is 0 Å². The monoisotopic (exact) mass is 276 g/mol. The Morgan fingerprint density at radius 2 is 2.21 bits per heavy atom. The Morgan fingerprint density at radius 3 is 2.84 bits per heavy atom. The lowest BCUT2D eigenvalue weighted by atomic mass is 10.1. The normalized spacial score (nSPS) is 10.4. The molecule has 0 radical (unpaired) electrons. The number of nitrogen functional groups attached to an aromatic ring is 1. The van der Waals surface area contributed by atoms with Crippen molar-refractivity contribution in [2.24, 2.45) is 5.73 Å². The van der Waals surface area contributed by atoms with Crippen LogP contribution in [0.25, 0.3) is 0 Å². The van der Waals surface area contributed by atoms with Crippen molar-refractivity contribution in [3.05, 3.63) is 39.5 Å². The average Bonchev–Trinajstić information content (AvgIpc) is 2.75. The van der Waals surface area contributed by atoms with Gasteiger partial charge in [0.15, 0.2) is 0 Å². The topological polar surface area (TPSA) is 84.9 Å². The number of hydrogen-bond acceptors (Lipinski definition) is 5. The van der Waals surface area contributed by atoms with Crippen LogP contribution in [0.4, 0.5) is 0 Å². The van der Waals surface area contributed by atoms with E-state index in [1.54, 1.807) is 17.5 Å². The van der Waals surface area contributed by atoms with Gasteiger partial charge >= 0.3 is 0 Å². The van der Waals surface area contributed by atoms with Crippen molar-refractivity contribution in [2.75, 3.05) is 6.61 Å². The van der Waals surface area contributed by atoms with Gasteiger partial charge in [-0.1, -0.05) is 0 Å². The summed E-state index contributed by atoms with van der Waals surface area (Å²) in [5, 5.41) is 7.58. The first kappa shape index (κ1) is 13.5. The summed E-state index contributed by atoms with van der Waals surface area (Å²) < 4.78 is 5.65. The quantitative estimate of drug-likeness (QED) is 0.646. The molecule has 19 heavy (non-hydrogen) atoms. The molecule has 2 aromatic rings. The molecule has 2 rings (SSSR count). The van der Waals surface area contributed by atoms with Crippen LogP contribution in [-0.2, 0) is 6.42 Å². The lowest BCUT2D eigenvalue weighted by Gasteiger charge is -2.11. The summed E-state index contributed by atoms with van der Waals surface area (Å²) in [6.45, 7) is 4.37. The average molecular weight is 276 g/mol. The molecule has 6 heteroatoms. The van der Waals surface area contributed by atoms with Crippen molar-refractivity contribution in [1.29, 1.82) is 5.41 Å². The second-order valence-electron chi connectivity index (χ2n) is 4.18. The van der Waals surface area contributed by atoms with Crippen LogP contribution in [0.2, 0.25) is 0 Å². The molecular weight excluding hydrogens is 260 g/mol. The highest BCUT2D eigenvalue weighted by Gasteiger charge is 2.11. The van der Waals surface area contributed by atoms with Crippen molar-refractivity contribution < 1.29 is 4.74 Å². The molecule has 0 fully saturated rings. The molecule has 100 valence electrons. The van der Waals surface area contributed by atoms with E-state index in [0.717, 1.165) is 17.7 Å². The van der Waals surface area contributed by atoms with Crippen molar-refractivity contribution in [3.63, 3.8) is 0 Å². The third-order valence-electron chi connectivity index (χ3n) is 2.81. The maximum Gasteiger partial charge on any atom is 0.224 e. The minimum Gasteiger partial charge on any atom is -0.477 e. The Hall–Kier alpha value is -1.95. The molecule has 0 aliphatic rings. The number of nitrogens with two attached hydrogens (primary N) is 1. The predicted octanol–water partition coefficient (Wildman–Crippen LogP) is 2.06. The number of nitrogens with one attached hydrogen (secondary N) is 1. The second kappa shape index (κ2) is 5.79. The summed E-state index contributed by atoms with van der Waals surface area (Å²) >= 11 is 1.62. The smallest absolute Gasteiger partial charge is 0.224 e. The van der Waals surface area contributed by atoms with E-state index < -0.39 is 0 Å². The summed E-state index contributed by atoms with van der Waals surface area (Å²) in [7, 11) is 0. The van der Waals surface area contributed by atoms with Crippen LogP contribution in [0.15, 0.2) is 17.8 Å². The molecule has 0 aromatic carbocycles. The van der Waals surface area contributed by atoms with E-state index in [1.165, 1.54) is 4.88 Å². The minimum atomic E-state index is -0.0189. The lowest BCUT2D eigenvalue weighted by Crippen LogP contribution is -2.16. The van der Waals surface area contributed by atoms with Gasteiger partial charge < -0.3 is 10.5 Å². The van der Waals surface area contributed by atoms with E-state index in [1.807, 2.05) is 25.4 Å². The Labute approximate surface area is 116 Å². The summed E-state index contributed by atoms with van der Waals surface area (Å²) in [5.74, 6) is 0.407. The first-order chi connectivity index (χ1) is 9.09. The van der Waals surface area contributed by atoms with E-state index in [0.29, 0.717) is 18.1 Å². The zero-order valence-corrected chi connectivity index (χ0v) is 11.8. The van der Waals surface area contributed by atoms with Gasteiger partial charge in [0.2, 0.25) is 5.88 Å². The van der Waals surface area contributed by atoms with Crippen LogP contribution < -0.4 is 10.5 Å². The van der Waals surface area contributed by atoms with E-state index >= 15 is 0 Å². The molecule has 0 spiro atoms. The molecule has 0 aliphatic carbocycles. The van der Waals surface area contributed by atoms with Gasteiger partial charge in [0.25, 0.3) is 0 Å². The third kappa shape index (κ3) is 3.08.